The SMILES string of the molecule is Cc1cccc(C)c1NC(=O)CCc1ccc(N2CCOCC2)cc1. The number of rotatable bonds is 5. The maximum atomic E-state index is 12.3. The third-order valence-electron chi connectivity index (χ3n) is 4.70. The Bertz CT molecular complexity index is 699. The average Bonchev–Trinajstić information content (AvgIpc) is 2.64. The molecule has 4 nitrogen and oxygen atoms in total. The van der Waals surface area contributed by atoms with E-state index >= 15 is 0 Å². The molecule has 0 aliphatic carbocycles. The second-order valence-electron chi connectivity index (χ2n) is 6.58. The van der Waals surface area contributed by atoms with Crippen LogP contribution >= 0.6 is 0 Å². The van der Waals surface area contributed by atoms with Gasteiger partial charge in [0.05, 0.1) is 13.2 Å². The van der Waals surface area contributed by atoms with Crippen molar-refractivity contribution in [2.75, 3.05) is 36.5 Å². The van der Waals surface area contributed by atoms with Crippen LogP contribution in [0.3, 0.4) is 0 Å². The predicted molar refractivity (Wildman–Crippen MR) is 102 cm³/mol. The second-order valence-corrected chi connectivity index (χ2v) is 6.58. The Morgan fingerprint density at radius 3 is 2.32 bits per heavy atom. The van der Waals surface area contributed by atoms with E-state index in [9.17, 15) is 4.79 Å². The summed E-state index contributed by atoms with van der Waals surface area (Å²) in [5.74, 6) is 0.0645. The molecular weight excluding hydrogens is 312 g/mol. The average molecular weight is 338 g/mol. The van der Waals surface area contributed by atoms with Gasteiger partial charge in [-0.3, -0.25) is 4.79 Å². The maximum Gasteiger partial charge on any atom is 0.224 e. The van der Waals surface area contributed by atoms with E-state index in [1.807, 2.05) is 32.0 Å². The van der Waals surface area contributed by atoms with Gasteiger partial charge in [-0.1, -0.05) is 30.3 Å². The Labute approximate surface area is 149 Å². The number of ether oxygens (including phenoxy) is 1. The first kappa shape index (κ1) is 17.5. The van der Waals surface area contributed by atoms with Gasteiger partial charge < -0.3 is 15.0 Å². The van der Waals surface area contributed by atoms with Crippen LogP contribution in [0.4, 0.5) is 11.4 Å². The molecule has 0 bridgehead atoms. The van der Waals surface area contributed by atoms with Crippen LogP contribution in [0.25, 0.3) is 0 Å². The summed E-state index contributed by atoms with van der Waals surface area (Å²) in [6, 6.07) is 14.6. The number of anilines is 2. The van der Waals surface area contributed by atoms with E-state index in [0.717, 1.165) is 49.5 Å². The Balaban J connectivity index is 1.53. The number of nitrogens with zero attached hydrogens (tertiary/aromatic N) is 1. The van der Waals surface area contributed by atoms with Crippen LogP contribution in [0.1, 0.15) is 23.1 Å². The Morgan fingerprint density at radius 1 is 1.04 bits per heavy atom. The summed E-state index contributed by atoms with van der Waals surface area (Å²) in [5, 5.41) is 3.05. The van der Waals surface area contributed by atoms with Crippen LogP contribution in [0.15, 0.2) is 42.5 Å². The highest BCUT2D eigenvalue weighted by Gasteiger charge is 2.11. The van der Waals surface area contributed by atoms with Crippen molar-refractivity contribution in [2.24, 2.45) is 0 Å². The van der Waals surface area contributed by atoms with Gasteiger partial charge in [0.2, 0.25) is 5.91 Å². The monoisotopic (exact) mass is 338 g/mol. The summed E-state index contributed by atoms with van der Waals surface area (Å²) >= 11 is 0. The van der Waals surface area contributed by atoms with Crippen molar-refractivity contribution in [3.8, 4) is 0 Å². The second kappa shape index (κ2) is 8.17. The number of aryl methyl sites for hydroxylation is 3. The predicted octanol–water partition coefficient (Wildman–Crippen LogP) is 3.71. The number of amides is 1. The fourth-order valence-electron chi connectivity index (χ4n) is 3.17. The van der Waals surface area contributed by atoms with Gasteiger partial charge in [-0.2, -0.15) is 0 Å². The van der Waals surface area contributed by atoms with E-state index < -0.39 is 0 Å². The fourth-order valence-corrected chi connectivity index (χ4v) is 3.17. The van der Waals surface area contributed by atoms with Gasteiger partial charge in [-0.25, -0.2) is 0 Å². The Kier molecular flexibility index (Phi) is 5.71. The summed E-state index contributed by atoms with van der Waals surface area (Å²) in [6.07, 6.45) is 1.24. The lowest BCUT2D eigenvalue weighted by molar-refractivity contribution is -0.116. The molecule has 1 fully saturated rings. The molecule has 2 aromatic carbocycles. The number of para-hydroxylation sites is 1. The molecule has 0 radical (unpaired) electrons. The zero-order chi connectivity index (χ0) is 17.6. The van der Waals surface area contributed by atoms with Crippen molar-refractivity contribution in [1.82, 2.24) is 0 Å². The van der Waals surface area contributed by atoms with Crippen molar-refractivity contribution in [2.45, 2.75) is 26.7 Å². The zero-order valence-electron chi connectivity index (χ0n) is 15.0. The summed E-state index contributed by atoms with van der Waals surface area (Å²) in [7, 11) is 0. The van der Waals surface area contributed by atoms with Crippen LogP contribution in [0, 0.1) is 13.8 Å². The van der Waals surface area contributed by atoms with E-state index in [2.05, 4.69) is 34.5 Å². The molecular formula is C21H26N2O2. The lowest BCUT2D eigenvalue weighted by Crippen LogP contribution is -2.36. The highest BCUT2D eigenvalue weighted by atomic mass is 16.5. The number of hydrogen-bond donors (Lipinski definition) is 1. The Morgan fingerprint density at radius 2 is 1.68 bits per heavy atom. The van der Waals surface area contributed by atoms with E-state index in [0.29, 0.717) is 6.42 Å². The molecule has 1 heterocycles. The number of benzene rings is 2. The van der Waals surface area contributed by atoms with Crippen molar-refractivity contribution in [3.63, 3.8) is 0 Å². The molecule has 0 unspecified atom stereocenters. The molecule has 1 amide bonds. The van der Waals surface area contributed by atoms with Gasteiger partial charge in [0.15, 0.2) is 0 Å². The highest BCUT2D eigenvalue weighted by Crippen LogP contribution is 2.20. The maximum absolute atomic E-state index is 12.3. The van der Waals surface area contributed by atoms with Crippen molar-refractivity contribution >= 4 is 17.3 Å². The number of carbonyl (C=O) groups is 1. The summed E-state index contributed by atoms with van der Waals surface area (Å²) in [5.41, 5.74) is 5.56. The normalized spacial score (nSPS) is 14.4. The third kappa shape index (κ3) is 4.60. The minimum Gasteiger partial charge on any atom is -0.378 e. The molecule has 4 heteroatoms. The standard InChI is InChI=1S/C21H26N2O2/c1-16-4-3-5-17(2)21(16)22-20(24)11-8-18-6-9-19(10-7-18)23-12-14-25-15-13-23/h3-7,9-10H,8,11-15H2,1-2H3,(H,22,24). The van der Waals surface area contributed by atoms with Gasteiger partial charge in [-0.05, 0) is 49.1 Å². The molecule has 0 aromatic heterocycles. The number of carbonyl (C=O) groups excluding carboxylic acids is 1. The van der Waals surface area contributed by atoms with E-state index in [4.69, 9.17) is 4.74 Å². The van der Waals surface area contributed by atoms with Crippen LogP contribution < -0.4 is 10.2 Å². The smallest absolute Gasteiger partial charge is 0.224 e. The first-order valence-electron chi connectivity index (χ1n) is 8.91. The summed E-state index contributed by atoms with van der Waals surface area (Å²) < 4.78 is 5.39. The van der Waals surface area contributed by atoms with Gasteiger partial charge in [0.1, 0.15) is 0 Å². The molecule has 1 aliphatic rings. The lowest BCUT2D eigenvalue weighted by Gasteiger charge is -2.28. The minimum absolute atomic E-state index is 0.0645. The topological polar surface area (TPSA) is 41.6 Å². The number of nitrogens with one attached hydrogen (secondary N) is 1. The minimum atomic E-state index is 0.0645. The summed E-state index contributed by atoms with van der Waals surface area (Å²) in [6.45, 7) is 7.51. The molecule has 2 aromatic rings. The van der Waals surface area contributed by atoms with Crippen LogP contribution in [0.2, 0.25) is 0 Å². The fraction of sp³-hybridized carbons (Fsp3) is 0.381. The quantitative estimate of drug-likeness (QED) is 0.903. The largest absolute Gasteiger partial charge is 0.378 e. The van der Waals surface area contributed by atoms with E-state index in [-0.39, 0.29) is 5.91 Å². The van der Waals surface area contributed by atoms with Gasteiger partial charge in [-0.15, -0.1) is 0 Å². The third-order valence-corrected chi connectivity index (χ3v) is 4.70. The molecule has 1 saturated heterocycles. The molecule has 1 aliphatic heterocycles. The molecule has 25 heavy (non-hydrogen) atoms. The lowest BCUT2D eigenvalue weighted by atomic mass is 10.1. The molecule has 0 spiro atoms. The van der Waals surface area contributed by atoms with Crippen molar-refractivity contribution in [1.29, 1.82) is 0 Å². The van der Waals surface area contributed by atoms with Gasteiger partial charge in [0, 0.05) is 30.9 Å². The van der Waals surface area contributed by atoms with Crippen LogP contribution in [-0.4, -0.2) is 32.2 Å². The Hall–Kier alpha value is -2.33. The number of hydrogen-bond acceptors (Lipinski definition) is 3. The van der Waals surface area contributed by atoms with Crippen molar-refractivity contribution in [3.05, 3.63) is 59.2 Å². The summed E-state index contributed by atoms with van der Waals surface area (Å²) in [4.78, 5) is 14.6. The first-order valence-corrected chi connectivity index (χ1v) is 8.91. The number of morpholine rings is 1. The molecule has 3 rings (SSSR count). The molecule has 0 atom stereocenters. The molecule has 0 saturated carbocycles. The van der Waals surface area contributed by atoms with Gasteiger partial charge in [0.25, 0.3) is 0 Å². The van der Waals surface area contributed by atoms with E-state index in [1.165, 1.54) is 11.3 Å². The van der Waals surface area contributed by atoms with Gasteiger partial charge >= 0.3 is 0 Å². The van der Waals surface area contributed by atoms with Crippen molar-refractivity contribution < 1.29 is 9.53 Å². The zero-order valence-corrected chi connectivity index (χ0v) is 15.0. The van der Waals surface area contributed by atoms with Crippen LogP contribution in [-0.2, 0) is 16.0 Å². The molecule has 1 N–H and O–H groups in total. The van der Waals surface area contributed by atoms with Crippen LogP contribution in [0.5, 0.6) is 0 Å². The van der Waals surface area contributed by atoms with E-state index in [1.54, 1.807) is 0 Å². The first-order chi connectivity index (χ1) is 12.1. The molecule has 132 valence electrons. The highest BCUT2D eigenvalue weighted by molar-refractivity contribution is 5.92.